The number of nitrogens with two attached hydrogens (primary N) is 1. The Morgan fingerprint density at radius 1 is 0.524 bits per heavy atom. The van der Waals surface area contributed by atoms with E-state index in [0.717, 1.165) is 0 Å². The van der Waals surface area contributed by atoms with Crippen molar-refractivity contribution in [3.63, 3.8) is 0 Å². The van der Waals surface area contributed by atoms with E-state index in [1.807, 2.05) is 0 Å². The molecular formula is C19H19NSi. The van der Waals surface area contributed by atoms with Crippen LogP contribution < -0.4 is 5.40 Å². The van der Waals surface area contributed by atoms with Gasteiger partial charge < -0.3 is 5.40 Å². The number of hydrogen-bond acceptors (Lipinski definition) is 1. The second kappa shape index (κ2) is 6.08. The zero-order chi connectivity index (χ0) is 14.5. The van der Waals surface area contributed by atoms with Gasteiger partial charge in [-0.25, -0.2) is 0 Å². The van der Waals surface area contributed by atoms with Crippen LogP contribution in [0, 0.1) is 0 Å². The second-order valence-electron chi connectivity index (χ2n) is 5.21. The Morgan fingerprint density at radius 3 is 1.05 bits per heavy atom. The van der Waals surface area contributed by atoms with E-state index < -0.39 is 9.68 Å². The monoisotopic (exact) mass is 289 g/mol. The van der Waals surface area contributed by atoms with Crippen molar-refractivity contribution in [1.29, 1.82) is 0 Å². The average molecular weight is 289 g/mol. The van der Waals surface area contributed by atoms with Gasteiger partial charge in [0.2, 0.25) is 0 Å². The molecule has 104 valence electrons. The summed E-state index contributed by atoms with van der Waals surface area (Å²) in [5.74, 6) is 0. The first-order chi connectivity index (χ1) is 10.4. The van der Waals surface area contributed by atoms with Crippen LogP contribution in [0.15, 0.2) is 91.0 Å². The first-order valence-electron chi connectivity index (χ1n) is 7.24. The van der Waals surface area contributed by atoms with Crippen LogP contribution in [0.25, 0.3) is 0 Å². The smallest absolute Gasteiger partial charge is 0.110 e. The molecule has 0 aliphatic heterocycles. The topological polar surface area (TPSA) is 26.0 Å². The van der Waals surface area contributed by atoms with E-state index >= 15 is 0 Å². The highest BCUT2D eigenvalue weighted by Crippen LogP contribution is 2.37. The van der Waals surface area contributed by atoms with E-state index in [4.69, 9.17) is 5.40 Å². The third kappa shape index (κ3) is 2.44. The third-order valence-electron chi connectivity index (χ3n) is 4.11. The minimum atomic E-state index is -0.874. The molecular weight excluding hydrogens is 270 g/mol. The minimum Gasteiger partial charge on any atom is -0.355 e. The van der Waals surface area contributed by atoms with Crippen LogP contribution in [-0.4, -0.2) is 9.68 Å². The van der Waals surface area contributed by atoms with Crippen molar-refractivity contribution in [2.75, 3.05) is 0 Å². The van der Waals surface area contributed by atoms with Gasteiger partial charge in [0.15, 0.2) is 0 Å². The molecule has 0 atom stereocenters. The summed E-state index contributed by atoms with van der Waals surface area (Å²) in [5, 5.41) is 6.28. The van der Waals surface area contributed by atoms with Crippen molar-refractivity contribution in [2.45, 2.75) is 5.04 Å². The molecule has 1 nitrogen and oxygen atoms in total. The quantitative estimate of drug-likeness (QED) is 0.580. The summed E-state index contributed by atoms with van der Waals surface area (Å²) in [6, 6.07) is 31.9. The van der Waals surface area contributed by atoms with Crippen LogP contribution in [0.2, 0.25) is 0 Å². The lowest BCUT2D eigenvalue weighted by molar-refractivity contribution is 0.860. The van der Waals surface area contributed by atoms with E-state index in [9.17, 15) is 0 Å². The van der Waals surface area contributed by atoms with Gasteiger partial charge in [-0.1, -0.05) is 91.0 Å². The van der Waals surface area contributed by atoms with Gasteiger partial charge in [-0.2, -0.15) is 0 Å². The van der Waals surface area contributed by atoms with Gasteiger partial charge in [0, 0.05) is 5.04 Å². The largest absolute Gasteiger partial charge is 0.355 e. The lowest BCUT2D eigenvalue weighted by atomic mass is 9.84. The molecule has 2 heteroatoms. The van der Waals surface area contributed by atoms with Crippen molar-refractivity contribution in [2.24, 2.45) is 5.40 Å². The van der Waals surface area contributed by atoms with Crippen LogP contribution in [0.3, 0.4) is 0 Å². The summed E-state index contributed by atoms with van der Waals surface area (Å²) >= 11 is 0. The molecule has 0 amide bonds. The van der Waals surface area contributed by atoms with Gasteiger partial charge in [-0.3, -0.25) is 0 Å². The van der Waals surface area contributed by atoms with Crippen molar-refractivity contribution in [3.8, 4) is 0 Å². The Kier molecular flexibility index (Phi) is 4.00. The Hall–Kier alpha value is -2.16. The van der Waals surface area contributed by atoms with E-state index in [1.165, 1.54) is 16.7 Å². The molecule has 3 aromatic rings. The normalized spacial score (nSPS) is 11.9. The Morgan fingerprint density at radius 2 is 0.810 bits per heavy atom. The number of benzene rings is 3. The molecule has 0 aliphatic rings. The molecule has 3 rings (SSSR count). The van der Waals surface area contributed by atoms with Crippen molar-refractivity contribution in [3.05, 3.63) is 108 Å². The van der Waals surface area contributed by atoms with Gasteiger partial charge in [-0.05, 0) is 16.7 Å². The maximum absolute atomic E-state index is 6.44. The first kappa shape index (κ1) is 13.8. The van der Waals surface area contributed by atoms with Gasteiger partial charge >= 0.3 is 0 Å². The molecule has 0 radical (unpaired) electrons. The molecule has 3 aromatic carbocycles. The van der Waals surface area contributed by atoms with Crippen LogP contribution in [0.4, 0.5) is 0 Å². The first-order valence-corrected chi connectivity index (χ1v) is 8.77. The Balaban J connectivity index is 2.29. The molecule has 0 bridgehead atoms. The molecule has 0 spiro atoms. The van der Waals surface area contributed by atoms with Crippen LogP contribution in [0.1, 0.15) is 16.7 Å². The zero-order valence-corrected chi connectivity index (χ0v) is 13.4. The van der Waals surface area contributed by atoms with E-state index in [-0.39, 0.29) is 5.04 Å². The standard InChI is InChI=1S/C19H19NSi/c20-21-19(16-10-4-1-5-11-16,17-12-6-2-7-13-17)18-14-8-3-9-15-18/h1-15H,20-21H2. The highest BCUT2D eigenvalue weighted by molar-refractivity contribution is 6.39. The summed E-state index contributed by atoms with van der Waals surface area (Å²) in [7, 11) is -0.874. The maximum atomic E-state index is 6.44. The zero-order valence-electron chi connectivity index (χ0n) is 11.9. The maximum Gasteiger partial charge on any atom is 0.110 e. The van der Waals surface area contributed by atoms with E-state index in [1.54, 1.807) is 0 Å². The Bertz CT molecular complexity index is 584. The third-order valence-corrected chi connectivity index (χ3v) is 5.94. The highest BCUT2D eigenvalue weighted by atomic mass is 28.2. The van der Waals surface area contributed by atoms with Gasteiger partial charge in [0.1, 0.15) is 9.68 Å². The number of rotatable bonds is 4. The lowest BCUT2D eigenvalue weighted by Crippen LogP contribution is -2.40. The van der Waals surface area contributed by atoms with Gasteiger partial charge in [0.25, 0.3) is 0 Å². The van der Waals surface area contributed by atoms with Crippen LogP contribution >= 0.6 is 0 Å². The molecule has 0 saturated carbocycles. The van der Waals surface area contributed by atoms with E-state index in [0.29, 0.717) is 0 Å². The summed E-state index contributed by atoms with van der Waals surface area (Å²) in [6.07, 6.45) is 0. The summed E-state index contributed by atoms with van der Waals surface area (Å²) in [6.45, 7) is 0. The molecule has 0 aromatic heterocycles. The molecule has 2 N–H and O–H groups in total. The van der Waals surface area contributed by atoms with Crippen LogP contribution in [-0.2, 0) is 5.04 Å². The SMILES string of the molecule is N[SiH2]C(c1ccccc1)(c1ccccc1)c1ccccc1. The molecule has 0 unspecified atom stereocenters. The predicted molar refractivity (Wildman–Crippen MR) is 91.9 cm³/mol. The van der Waals surface area contributed by atoms with Crippen molar-refractivity contribution >= 4 is 9.68 Å². The predicted octanol–water partition coefficient (Wildman–Crippen LogP) is 3.02. The van der Waals surface area contributed by atoms with E-state index in [2.05, 4.69) is 91.0 Å². The fourth-order valence-corrected chi connectivity index (χ4v) is 4.44. The minimum absolute atomic E-state index is 0.163. The number of hydrogen-bond donors (Lipinski definition) is 1. The summed E-state index contributed by atoms with van der Waals surface area (Å²) < 4.78 is 0. The molecule has 0 heterocycles. The second-order valence-corrected chi connectivity index (χ2v) is 6.68. The summed E-state index contributed by atoms with van der Waals surface area (Å²) in [5.41, 5.74) is 3.87. The van der Waals surface area contributed by atoms with Crippen LogP contribution in [0.5, 0.6) is 0 Å². The lowest BCUT2D eigenvalue weighted by Gasteiger charge is -2.34. The highest BCUT2D eigenvalue weighted by Gasteiger charge is 2.34. The summed E-state index contributed by atoms with van der Waals surface area (Å²) in [4.78, 5) is 0. The molecule has 0 saturated heterocycles. The Labute approximate surface area is 128 Å². The van der Waals surface area contributed by atoms with Crippen molar-refractivity contribution < 1.29 is 0 Å². The van der Waals surface area contributed by atoms with Crippen molar-refractivity contribution in [1.82, 2.24) is 0 Å². The molecule has 0 aliphatic carbocycles. The molecule has 0 fully saturated rings. The van der Waals surface area contributed by atoms with Gasteiger partial charge in [0.05, 0.1) is 0 Å². The van der Waals surface area contributed by atoms with Gasteiger partial charge in [-0.15, -0.1) is 0 Å². The fourth-order valence-electron chi connectivity index (χ4n) is 3.02. The average Bonchev–Trinajstić information content (AvgIpc) is 2.59. The molecule has 21 heavy (non-hydrogen) atoms. The fraction of sp³-hybridized carbons (Fsp3) is 0.0526.